The van der Waals surface area contributed by atoms with Crippen LogP contribution in [0.15, 0.2) is 59.1 Å². The second-order valence-corrected chi connectivity index (χ2v) is 8.93. The molecule has 0 bridgehead atoms. The van der Waals surface area contributed by atoms with Crippen molar-refractivity contribution >= 4 is 51.7 Å². The van der Waals surface area contributed by atoms with Gasteiger partial charge in [0.15, 0.2) is 11.3 Å². The van der Waals surface area contributed by atoms with Crippen LogP contribution in [0.5, 0.6) is 0 Å². The third-order valence-electron chi connectivity index (χ3n) is 5.76. The monoisotopic (exact) mass is 525 g/mol. The van der Waals surface area contributed by atoms with Crippen LogP contribution in [0.1, 0.15) is 47.2 Å². The first-order chi connectivity index (χ1) is 18.6. The van der Waals surface area contributed by atoms with E-state index in [2.05, 4.69) is 21.1 Å². The second kappa shape index (κ2) is 10.9. The predicted octanol–water partition coefficient (Wildman–Crippen LogP) is 4.87. The van der Waals surface area contributed by atoms with Gasteiger partial charge in [-0.3, -0.25) is 14.4 Å². The predicted molar refractivity (Wildman–Crippen MR) is 143 cm³/mol. The molecule has 0 fully saturated rings. The molecule has 0 radical (unpaired) electrons. The number of hydrogen-bond donors (Lipinski definition) is 4. The van der Waals surface area contributed by atoms with Gasteiger partial charge in [-0.2, -0.15) is 5.26 Å². The maximum atomic E-state index is 13.2. The van der Waals surface area contributed by atoms with Crippen molar-refractivity contribution in [2.45, 2.75) is 20.8 Å². The van der Waals surface area contributed by atoms with E-state index in [9.17, 15) is 24.3 Å². The van der Waals surface area contributed by atoms with Gasteiger partial charge in [-0.15, -0.1) is 0 Å². The van der Waals surface area contributed by atoms with Crippen molar-refractivity contribution < 1.29 is 28.8 Å². The lowest BCUT2D eigenvalue weighted by atomic mass is 9.99. The van der Waals surface area contributed by atoms with Gasteiger partial charge in [-0.25, -0.2) is 4.79 Å². The molecule has 1 aromatic heterocycles. The zero-order chi connectivity index (χ0) is 28.3. The Balaban J connectivity index is 1.82. The number of para-hydroxylation sites is 1. The Hall–Kier alpha value is -5.50. The van der Waals surface area contributed by atoms with Crippen molar-refractivity contribution in [3.05, 3.63) is 71.4 Å². The Morgan fingerprint density at radius 3 is 2.33 bits per heavy atom. The maximum Gasteiger partial charge on any atom is 0.337 e. The van der Waals surface area contributed by atoms with E-state index in [0.717, 1.165) is 6.07 Å². The molecule has 11 nitrogen and oxygen atoms in total. The number of nitrogens with zero attached hydrogens (tertiary/aromatic N) is 2. The smallest absolute Gasteiger partial charge is 0.337 e. The number of benzene rings is 3. The quantitative estimate of drug-likeness (QED) is 0.264. The van der Waals surface area contributed by atoms with Gasteiger partial charge in [0, 0.05) is 35.3 Å². The van der Waals surface area contributed by atoms with Crippen LogP contribution in [-0.4, -0.2) is 34.0 Å². The van der Waals surface area contributed by atoms with E-state index < -0.39 is 11.9 Å². The maximum absolute atomic E-state index is 13.2. The highest BCUT2D eigenvalue weighted by Crippen LogP contribution is 2.38. The molecular formula is C28H23N5O6. The average Bonchev–Trinajstić information content (AvgIpc) is 3.31. The van der Waals surface area contributed by atoms with Crippen molar-refractivity contribution in [1.29, 1.82) is 5.26 Å². The van der Waals surface area contributed by atoms with E-state index in [0.29, 0.717) is 22.5 Å². The number of fused-ring (bicyclic) bond motifs is 1. The van der Waals surface area contributed by atoms with E-state index in [1.807, 2.05) is 6.07 Å². The zero-order valence-corrected chi connectivity index (χ0v) is 21.2. The van der Waals surface area contributed by atoms with E-state index in [1.165, 1.54) is 25.1 Å². The molecule has 39 heavy (non-hydrogen) atoms. The van der Waals surface area contributed by atoms with Gasteiger partial charge in [0.25, 0.3) is 5.91 Å². The topological polar surface area (TPSA) is 174 Å². The number of anilines is 3. The Morgan fingerprint density at radius 2 is 1.67 bits per heavy atom. The minimum atomic E-state index is -1.33. The molecule has 4 N–H and O–H groups in total. The van der Waals surface area contributed by atoms with Crippen molar-refractivity contribution in [3.63, 3.8) is 0 Å². The molecule has 11 heteroatoms. The summed E-state index contributed by atoms with van der Waals surface area (Å²) in [6.45, 7) is 4.84. The lowest BCUT2D eigenvalue weighted by Crippen LogP contribution is -2.18. The molecule has 4 aromatic rings. The van der Waals surface area contributed by atoms with Crippen LogP contribution in [0.3, 0.4) is 0 Å². The number of carboxylic acids is 1. The minimum absolute atomic E-state index is 0.0307. The van der Waals surface area contributed by atoms with E-state index in [-0.39, 0.29) is 51.2 Å². The van der Waals surface area contributed by atoms with E-state index >= 15 is 0 Å². The number of carbonyl (C=O) groups is 4. The van der Waals surface area contributed by atoms with Crippen LogP contribution in [-0.2, 0) is 9.59 Å². The Morgan fingerprint density at radius 1 is 0.923 bits per heavy atom. The molecule has 0 spiro atoms. The summed E-state index contributed by atoms with van der Waals surface area (Å²) in [6.07, 6.45) is 0. The van der Waals surface area contributed by atoms with Gasteiger partial charge in [-0.1, -0.05) is 37.2 Å². The second-order valence-electron chi connectivity index (χ2n) is 8.93. The van der Waals surface area contributed by atoms with Crippen LogP contribution in [0, 0.1) is 17.2 Å². The Bertz CT molecular complexity index is 1680. The molecule has 0 aliphatic rings. The SMILES string of the molecule is CC(=O)Nc1ccccc1-c1cc2onc(C(=O)Nc3ccc(C#N)cc3C(=O)O)c2cc1NC(=O)C(C)C. The third kappa shape index (κ3) is 5.60. The number of rotatable bonds is 7. The fourth-order valence-electron chi connectivity index (χ4n) is 3.85. The van der Waals surface area contributed by atoms with Crippen LogP contribution in [0.25, 0.3) is 22.1 Å². The summed E-state index contributed by atoms with van der Waals surface area (Å²) in [5, 5.41) is 30.9. The molecule has 0 saturated carbocycles. The summed E-state index contributed by atoms with van der Waals surface area (Å²) >= 11 is 0. The van der Waals surface area contributed by atoms with Crippen molar-refractivity contribution in [1.82, 2.24) is 5.16 Å². The summed E-state index contributed by atoms with van der Waals surface area (Å²) in [4.78, 5) is 49.3. The van der Waals surface area contributed by atoms with Gasteiger partial charge >= 0.3 is 5.97 Å². The largest absolute Gasteiger partial charge is 0.478 e. The number of aromatic nitrogens is 1. The van der Waals surface area contributed by atoms with Gasteiger partial charge in [0.2, 0.25) is 11.8 Å². The molecule has 0 atom stereocenters. The minimum Gasteiger partial charge on any atom is -0.478 e. The van der Waals surface area contributed by atoms with Crippen LogP contribution < -0.4 is 16.0 Å². The highest BCUT2D eigenvalue weighted by Gasteiger charge is 2.23. The fraction of sp³-hybridized carbons (Fsp3) is 0.143. The van der Waals surface area contributed by atoms with Gasteiger partial charge in [0.05, 0.1) is 28.3 Å². The summed E-state index contributed by atoms with van der Waals surface area (Å²) in [6, 6.07) is 15.8. The number of amides is 3. The van der Waals surface area contributed by atoms with Crippen LogP contribution in [0.2, 0.25) is 0 Å². The van der Waals surface area contributed by atoms with E-state index in [4.69, 9.17) is 9.78 Å². The number of carbonyl (C=O) groups excluding carboxylic acids is 3. The van der Waals surface area contributed by atoms with Crippen molar-refractivity contribution in [2.75, 3.05) is 16.0 Å². The van der Waals surface area contributed by atoms with Crippen LogP contribution >= 0.6 is 0 Å². The van der Waals surface area contributed by atoms with E-state index in [1.54, 1.807) is 44.2 Å². The van der Waals surface area contributed by atoms with Gasteiger partial charge in [-0.05, 0) is 36.4 Å². The molecule has 1 heterocycles. The molecule has 3 amide bonds. The number of carboxylic acid groups (broad SMARTS) is 1. The third-order valence-corrected chi connectivity index (χ3v) is 5.76. The number of nitriles is 1. The summed E-state index contributed by atoms with van der Waals surface area (Å²) in [5.74, 6) is -2.99. The van der Waals surface area contributed by atoms with Crippen molar-refractivity contribution in [2.24, 2.45) is 5.92 Å². The number of hydrogen-bond acceptors (Lipinski definition) is 7. The normalized spacial score (nSPS) is 10.6. The molecule has 196 valence electrons. The first kappa shape index (κ1) is 26.6. The molecule has 0 unspecified atom stereocenters. The molecule has 0 aliphatic heterocycles. The standard InChI is InChI=1S/C28H23N5O6/c1-14(2)26(35)32-23-11-20-24(12-18(23)17-6-4-5-7-21(17)30-15(3)34)39-33-25(20)27(36)31-22-9-8-16(13-29)10-19(22)28(37)38/h4-12,14H,1-3H3,(H,30,34)(H,31,36)(H,32,35)(H,37,38). The first-order valence-electron chi connectivity index (χ1n) is 11.8. The molecule has 3 aromatic carbocycles. The first-order valence-corrected chi connectivity index (χ1v) is 11.8. The Labute approximate surface area is 222 Å². The lowest BCUT2D eigenvalue weighted by molar-refractivity contribution is -0.119. The summed E-state index contributed by atoms with van der Waals surface area (Å²) in [5.41, 5.74) is 1.86. The molecule has 0 saturated heterocycles. The molecular weight excluding hydrogens is 502 g/mol. The summed E-state index contributed by atoms with van der Waals surface area (Å²) < 4.78 is 5.44. The molecule has 0 aliphatic carbocycles. The average molecular weight is 526 g/mol. The highest BCUT2D eigenvalue weighted by atomic mass is 16.5. The fourth-order valence-corrected chi connectivity index (χ4v) is 3.85. The molecule has 4 rings (SSSR count). The highest BCUT2D eigenvalue weighted by molar-refractivity contribution is 6.14. The lowest BCUT2D eigenvalue weighted by Gasteiger charge is -2.16. The number of nitrogens with one attached hydrogen (secondary N) is 3. The van der Waals surface area contributed by atoms with Crippen molar-refractivity contribution in [3.8, 4) is 17.2 Å². The number of aromatic carboxylic acids is 1. The van der Waals surface area contributed by atoms with Crippen LogP contribution in [0.4, 0.5) is 17.1 Å². The zero-order valence-electron chi connectivity index (χ0n) is 21.2. The van der Waals surface area contributed by atoms with Gasteiger partial charge in [0.1, 0.15) is 0 Å². The Kier molecular flexibility index (Phi) is 7.39. The summed E-state index contributed by atoms with van der Waals surface area (Å²) in [7, 11) is 0. The van der Waals surface area contributed by atoms with Gasteiger partial charge < -0.3 is 25.6 Å².